The van der Waals surface area contributed by atoms with Gasteiger partial charge >= 0.3 is 0 Å². The third-order valence-corrected chi connectivity index (χ3v) is 4.29. The van der Waals surface area contributed by atoms with Gasteiger partial charge in [0.05, 0.1) is 12.2 Å². The van der Waals surface area contributed by atoms with Crippen LogP contribution in [0.25, 0.3) is 0 Å². The van der Waals surface area contributed by atoms with Crippen molar-refractivity contribution >= 4 is 5.91 Å². The minimum Gasteiger partial charge on any atom is -0.502 e. The third kappa shape index (κ3) is 2.08. The SMILES string of the molecule is O=C1c2c(O)c(=O)ccn2NC2CC(OC3CC3)CCN12. The van der Waals surface area contributed by atoms with Crippen molar-refractivity contribution in [2.24, 2.45) is 0 Å². The zero-order valence-corrected chi connectivity index (χ0v) is 11.5. The average molecular weight is 291 g/mol. The van der Waals surface area contributed by atoms with E-state index >= 15 is 0 Å². The van der Waals surface area contributed by atoms with Gasteiger partial charge in [-0.25, -0.2) is 0 Å². The molecule has 1 saturated heterocycles. The smallest absolute Gasteiger partial charge is 0.278 e. The molecular formula is C14H17N3O4. The van der Waals surface area contributed by atoms with E-state index in [0.717, 1.165) is 19.3 Å². The van der Waals surface area contributed by atoms with Gasteiger partial charge in [0.2, 0.25) is 5.43 Å². The predicted molar refractivity (Wildman–Crippen MR) is 73.7 cm³/mol. The normalized spacial score (nSPS) is 27.8. The molecule has 1 amide bonds. The Morgan fingerprint density at radius 3 is 2.81 bits per heavy atom. The maximum atomic E-state index is 12.5. The highest BCUT2D eigenvalue weighted by Crippen LogP contribution is 2.31. The molecule has 3 aliphatic rings. The number of nitrogens with one attached hydrogen (secondary N) is 1. The fourth-order valence-corrected chi connectivity index (χ4v) is 3.03. The number of pyridine rings is 1. The summed E-state index contributed by atoms with van der Waals surface area (Å²) in [5.74, 6) is -0.802. The maximum Gasteiger partial charge on any atom is 0.278 e. The highest BCUT2D eigenvalue weighted by molar-refractivity contribution is 5.96. The topological polar surface area (TPSA) is 83.8 Å². The number of piperidine rings is 1. The Balaban J connectivity index is 1.61. The third-order valence-electron chi connectivity index (χ3n) is 4.29. The molecule has 7 heteroatoms. The molecule has 0 radical (unpaired) electrons. The first-order valence-corrected chi connectivity index (χ1v) is 7.31. The van der Waals surface area contributed by atoms with Crippen LogP contribution in [0.5, 0.6) is 5.75 Å². The largest absolute Gasteiger partial charge is 0.502 e. The number of ether oxygens (including phenoxy) is 1. The molecule has 112 valence electrons. The van der Waals surface area contributed by atoms with Crippen LogP contribution in [0.3, 0.4) is 0 Å². The van der Waals surface area contributed by atoms with E-state index in [9.17, 15) is 14.7 Å². The van der Waals surface area contributed by atoms with Crippen LogP contribution < -0.4 is 10.9 Å². The lowest BCUT2D eigenvalue weighted by atomic mass is 10.0. The van der Waals surface area contributed by atoms with E-state index < -0.39 is 11.2 Å². The van der Waals surface area contributed by atoms with Crippen molar-refractivity contribution < 1.29 is 14.6 Å². The first kappa shape index (κ1) is 12.7. The summed E-state index contributed by atoms with van der Waals surface area (Å²) < 4.78 is 7.37. The van der Waals surface area contributed by atoms with Gasteiger partial charge in [0.1, 0.15) is 6.17 Å². The quantitative estimate of drug-likeness (QED) is 0.814. The molecular weight excluding hydrogens is 274 g/mol. The standard InChI is InChI=1S/C14H17N3O4/c18-10-4-6-17-12(13(10)19)14(20)16-5-3-9(7-11(16)15-17)21-8-1-2-8/h4,6,8-9,11,15,19H,1-3,5,7H2. The number of hydrogen-bond donors (Lipinski definition) is 2. The number of carbonyl (C=O) groups is 1. The van der Waals surface area contributed by atoms with Crippen molar-refractivity contribution in [2.75, 3.05) is 12.0 Å². The molecule has 2 atom stereocenters. The van der Waals surface area contributed by atoms with Gasteiger partial charge in [-0.2, -0.15) is 0 Å². The average Bonchev–Trinajstić information content (AvgIpc) is 3.27. The van der Waals surface area contributed by atoms with Gasteiger partial charge in [0, 0.05) is 25.2 Å². The van der Waals surface area contributed by atoms with E-state index in [2.05, 4.69) is 5.43 Å². The van der Waals surface area contributed by atoms with Crippen LogP contribution in [-0.2, 0) is 4.74 Å². The summed E-state index contributed by atoms with van der Waals surface area (Å²) in [6.45, 7) is 0.566. The fraction of sp³-hybridized carbons (Fsp3) is 0.571. The van der Waals surface area contributed by atoms with Crippen LogP contribution in [0, 0.1) is 0 Å². The lowest BCUT2D eigenvalue weighted by Crippen LogP contribution is -2.58. The van der Waals surface area contributed by atoms with Crippen molar-refractivity contribution in [3.8, 4) is 5.75 Å². The zero-order valence-electron chi connectivity index (χ0n) is 11.5. The molecule has 1 aromatic rings. The van der Waals surface area contributed by atoms with Gasteiger partial charge in [0.25, 0.3) is 5.91 Å². The molecule has 1 aromatic heterocycles. The molecule has 0 bridgehead atoms. The molecule has 0 spiro atoms. The molecule has 1 aliphatic carbocycles. The van der Waals surface area contributed by atoms with Crippen molar-refractivity contribution in [1.29, 1.82) is 0 Å². The molecule has 2 N–H and O–H groups in total. The zero-order chi connectivity index (χ0) is 14.6. The summed E-state index contributed by atoms with van der Waals surface area (Å²) in [4.78, 5) is 25.7. The van der Waals surface area contributed by atoms with E-state index in [1.807, 2.05) is 0 Å². The highest BCUT2D eigenvalue weighted by atomic mass is 16.5. The Hall–Kier alpha value is -2.02. The molecule has 7 nitrogen and oxygen atoms in total. The molecule has 4 rings (SSSR count). The Morgan fingerprint density at radius 1 is 1.24 bits per heavy atom. The number of aromatic hydroxyl groups is 1. The second-order valence-corrected chi connectivity index (χ2v) is 5.87. The maximum absolute atomic E-state index is 12.5. The molecule has 0 aromatic carbocycles. The van der Waals surface area contributed by atoms with Gasteiger partial charge in [0.15, 0.2) is 11.4 Å². The van der Waals surface area contributed by atoms with Gasteiger partial charge < -0.3 is 20.2 Å². The van der Waals surface area contributed by atoms with Crippen molar-refractivity contribution in [3.63, 3.8) is 0 Å². The molecule has 2 fully saturated rings. The lowest BCUT2D eigenvalue weighted by Gasteiger charge is -2.43. The molecule has 2 unspecified atom stereocenters. The number of fused-ring (bicyclic) bond motifs is 2. The summed E-state index contributed by atoms with van der Waals surface area (Å²) in [6, 6.07) is 1.25. The van der Waals surface area contributed by atoms with Crippen LogP contribution >= 0.6 is 0 Å². The van der Waals surface area contributed by atoms with Gasteiger partial charge in [-0.3, -0.25) is 14.3 Å². The van der Waals surface area contributed by atoms with Gasteiger partial charge in [-0.1, -0.05) is 0 Å². The Morgan fingerprint density at radius 2 is 2.05 bits per heavy atom. The number of nitrogens with zero attached hydrogens (tertiary/aromatic N) is 2. The summed E-state index contributed by atoms with van der Waals surface area (Å²) in [5.41, 5.74) is 2.64. The van der Waals surface area contributed by atoms with Crippen LogP contribution in [0.1, 0.15) is 36.2 Å². The summed E-state index contributed by atoms with van der Waals surface area (Å²) in [7, 11) is 0. The number of aromatic nitrogens is 1. The second kappa shape index (κ2) is 4.49. The first-order valence-electron chi connectivity index (χ1n) is 7.31. The van der Waals surface area contributed by atoms with E-state index in [4.69, 9.17) is 4.74 Å². The molecule has 3 heterocycles. The van der Waals surface area contributed by atoms with Crippen LogP contribution in [0.15, 0.2) is 17.1 Å². The van der Waals surface area contributed by atoms with E-state index in [0.29, 0.717) is 19.1 Å². The molecule has 2 aliphatic heterocycles. The number of rotatable bonds is 2. The van der Waals surface area contributed by atoms with Crippen molar-refractivity contribution in [2.45, 2.75) is 44.1 Å². The van der Waals surface area contributed by atoms with E-state index in [-0.39, 0.29) is 23.9 Å². The van der Waals surface area contributed by atoms with Crippen LogP contribution in [-0.4, -0.2) is 45.5 Å². The van der Waals surface area contributed by atoms with Crippen molar-refractivity contribution in [1.82, 2.24) is 9.58 Å². The molecule has 21 heavy (non-hydrogen) atoms. The lowest BCUT2D eigenvalue weighted by molar-refractivity contribution is -0.0193. The number of amides is 1. The van der Waals surface area contributed by atoms with E-state index in [1.54, 1.807) is 4.90 Å². The van der Waals surface area contributed by atoms with Crippen LogP contribution in [0.4, 0.5) is 0 Å². The summed E-state index contributed by atoms with van der Waals surface area (Å²) >= 11 is 0. The second-order valence-electron chi connectivity index (χ2n) is 5.87. The summed E-state index contributed by atoms with van der Waals surface area (Å²) in [6.07, 6.45) is 5.65. The monoisotopic (exact) mass is 291 g/mol. The summed E-state index contributed by atoms with van der Waals surface area (Å²) in [5, 5.41) is 9.84. The van der Waals surface area contributed by atoms with E-state index in [1.165, 1.54) is 16.9 Å². The number of carbonyl (C=O) groups excluding carboxylic acids is 1. The number of hydrogen-bond acceptors (Lipinski definition) is 5. The first-order chi connectivity index (χ1) is 10.1. The Kier molecular flexibility index (Phi) is 2.72. The van der Waals surface area contributed by atoms with Crippen LogP contribution in [0.2, 0.25) is 0 Å². The minimum atomic E-state index is -0.540. The van der Waals surface area contributed by atoms with Gasteiger partial charge in [-0.15, -0.1) is 0 Å². The van der Waals surface area contributed by atoms with Crippen molar-refractivity contribution in [3.05, 3.63) is 28.2 Å². The Bertz CT molecular complexity index is 652. The highest BCUT2D eigenvalue weighted by Gasteiger charge is 2.40. The predicted octanol–water partition coefficient (Wildman–Crippen LogP) is 0.221. The molecule has 1 saturated carbocycles. The Labute approximate surface area is 121 Å². The van der Waals surface area contributed by atoms with Gasteiger partial charge in [-0.05, 0) is 19.3 Å². The fourth-order valence-electron chi connectivity index (χ4n) is 3.03. The minimum absolute atomic E-state index is 0.0142.